The third-order valence-electron chi connectivity index (χ3n) is 3.08. The predicted molar refractivity (Wildman–Crippen MR) is 80.8 cm³/mol. The van der Waals surface area contributed by atoms with Gasteiger partial charge in [0, 0.05) is 17.1 Å². The lowest BCUT2D eigenvalue weighted by atomic mass is 9.99. The summed E-state index contributed by atoms with van der Waals surface area (Å²) in [6, 6.07) is 8.76. The van der Waals surface area contributed by atoms with Gasteiger partial charge in [-0.25, -0.2) is 0 Å². The minimum absolute atomic E-state index is 0.370. The first-order chi connectivity index (χ1) is 8.43. The van der Waals surface area contributed by atoms with Crippen molar-refractivity contribution in [2.75, 3.05) is 6.54 Å². The first kappa shape index (κ1) is 15.7. The number of hydrogen-bond acceptors (Lipinski definition) is 2. The van der Waals surface area contributed by atoms with E-state index in [2.05, 4.69) is 59.4 Å². The Labute approximate surface area is 119 Å². The Hall–Kier alpha value is -0.380. The second kappa shape index (κ2) is 7.27. The van der Waals surface area contributed by atoms with E-state index in [1.165, 1.54) is 5.56 Å². The van der Waals surface area contributed by atoms with Gasteiger partial charge in [-0.3, -0.25) is 0 Å². The van der Waals surface area contributed by atoms with Crippen molar-refractivity contribution in [3.63, 3.8) is 0 Å². The first-order valence-corrected chi connectivity index (χ1v) is 7.42. The van der Waals surface area contributed by atoms with Gasteiger partial charge in [-0.2, -0.15) is 0 Å². The van der Waals surface area contributed by atoms with Crippen LogP contribution in [-0.4, -0.2) is 23.3 Å². The predicted octanol–water partition coefficient (Wildman–Crippen LogP) is 3.52. The number of rotatable bonds is 7. The van der Waals surface area contributed by atoms with Gasteiger partial charge < -0.3 is 10.4 Å². The number of hydrogen-bond donors (Lipinski definition) is 2. The molecule has 0 aliphatic rings. The Morgan fingerprint density at radius 1 is 1.33 bits per heavy atom. The molecule has 0 heterocycles. The molecule has 18 heavy (non-hydrogen) atoms. The summed E-state index contributed by atoms with van der Waals surface area (Å²) in [4.78, 5) is 0. The van der Waals surface area contributed by atoms with Crippen LogP contribution in [0.1, 0.15) is 39.2 Å². The van der Waals surface area contributed by atoms with Gasteiger partial charge in [0.05, 0.1) is 5.60 Å². The van der Waals surface area contributed by atoms with Crippen LogP contribution in [0.2, 0.25) is 0 Å². The quantitative estimate of drug-likeness (QED) is 0.807. The molecule has 1 aromatic carbocycles. The molecule has 3 heteroatoms. The molecule has 0 saturated carbocycles. The molecule has 2 atom stereocenters. The van der Waals surface area contributed by atoms with Gasteiger partial charge in [-0.15, -0.1) is 0 Å². The van der Waals surface area contributed by atoms with Gasteiger partial charge in [0.25, 0.3) is 0 Å². The lowest BCUT2D eigenvalue weighted by Gasteiger charge is -2.25. The molecule has 0 amide bonds. The van der Waals surface area contributed by atoms with Crippen molar-refractivity contribution < 1.29 is 5.11 Å². The lowest BCUT2D eigenvalue weighted by molar-refractivity contribution is 0.0477. The first-order valence-electron chi connectivity index (χ1n) is 6.63. The average molecular weight is 314 g/mol. The topological polar surface area (TPSA) is 32.3 Å². The zero-order valence-electron chi connectivity index (χ0n) is 11.5. The minimum Gasteiger partial charge on any atom is -0.389 e. The molecule has 0 aliphatic carbocycles. The smallest absolute Gasteiger partial charge is 0.0743 e. The largest absolute Gasteiger partial charge is 0.389 e. The van der Waals surface area contributed by atoms with E-state index < -0.39 is 5.60 Å². The van der Waals surface area contributed by atoms with Crippen LogP contribution in [-0.2, 0) is 6.42 Å². The second-order valence-corrected chi connectivity index (χ2v) is 6.28. The molecule has 0 spiro atoms. The molecular formula is C15H24BrNO. The molecule has 0 bridgehead atoms. The lowest BCUT2D eigenvalue weighted by Crippen LogP contribution is -2.42. The van der Waals surface area contributed by atoms with E-state index in [9.17, 15) is 5.11 Å². The summed E-state index contributed by atoms with van der Waals surface area (Å²) < 4.78 is 1.11. The summed E-state index contributed by atoms with van der Waals surface area (Å²) in [5, 5.41) is 13.5. The van der Waals surface area contributed by atoms with Crippen molar-refractivity contribution in [1.29, 1.82) is 0 Å². The zero-order valence-corrected chi connectivity index (χ0v) is 13.1. The van der Waals surface area contributed by atoms with E-state index >= 15 is 0 Å². The zero-order chi connectivity index (χ0) is 13.6. The van der Waals surface area contributed by atoms with Gasteiger partial charge in [0.15, 0.2) is 0 Å². The molecule has 0 radical (unpaired) electrons. The van der Waals surface area contributed by atoms with Crippen molar-refractivity contribution in [3.05, 3.63) is 34.3 Å². The van der Waals surface area contributed by atoms with E-state index in [0.717, 1.165) is 23.7 Å². The van der Waals surface area contributed by atoms with E-state index in [0.29, 0.717) is 12.6 Å². The number of aliphatic hydroxyl groups is 1. The molecule has 1 rings (SSSR count). The van der Waals surface area contributed by atoms with Gasteiger partial charge in [-0.1, -0.05) is 41.4 Å². The molecule has 2 N–H and O–H groups in total. The summed E-state index contributed by atoms with van der Waals surface area (Å²) in [5.41, 5.74) is 0.719. The summed E-state index contributed by atoms with van der Waals surface area (Å²) in [6.07, 6.45) is 2.83. The normalized spacial score (nSPS) is 16.3. The van der Waals surface area contributed by atoms with Crippen LogP contribution >= 0.6 is 15.9 Å². The fraction of sp³-hybridized carbons (Fsp3) is 0.600. The standard InChI is InChI=1S/C15H24BrNO/c1-4-9-15(3,18)11-17-12(2)10-13-5-7-14(16)8-6-13/h5-8,12,17-18H,4,9-11H2,1-3H3. The third-order valence-corrected chi connectivity index (χ3v) is 3.60. The maximum Gasteiger partial charge on any atom is 0.0743 e. The molecule has 0 saturated heterocycles. The molecule has 0 aromatic heterocycles. The molecule has 2 unspecified atom stereocenters. The maximum atomic E-state index is 10.1. The van der Waals surface area contributed by atoms with Gasteiger partial charge in [-0.05, 0) is 44.4 Å². The van der Waals surface area contributed by atoms with Crippen molar-refractivity contribution in [1.82, 2.24) is 5.32 Å². The van der Waals surface area contributed by atoms with Crippen molar-refractivity contribution >= 4 is 15.9 Å². The van der Waals surface area contributed by atoms with E-state index in [1.54, 1.807) is 0 Å². The molecule has 102 valence electrons. The van der Waals surface area contributed by atoms with Crippen LogP contribution in [0.4, 0.5) is 0 Å². The van der Waals surface area contributed by atoms with Crippen LogP contribution in [0.5, 0.6) is 0 Å². The molecule has 2 nitrogen and oxygen atoms in total. The SMILES string of the molecule is CCCC(C)(O)CNC(C)Cc1ccc(Br)cc1. The molecule has 1 aromatic rings. The van der Waals surface area contributed by atoms with Crippen LogP contribution in [0.25, 0.3) is 0 Å². The molecular weight excluding hydrogens is 290 g/mol. The number of benzene rings is 1. The Morgan fingerprint density at radius 2 is 1.94 bits per heavy atom. The highest BCUT2D eigenvalue weighted by atomic mass is 79.9. The summed E-state index contributed by atoms with van der Waals surface area (Å²) >= 11 is 3.44. The number of halogens is 1. The van der Waals surface area contributed by atoms with Crippen molar-refractivity contribution in [3.8, 4) is 0 Å². The van der Waals surface area contributed by atoms with Crippen LogP contribution in [0, 0.1) is 0 Å². The average Bonchev–Trinajstić information content (AvgIpc) is 2.30. The van der Waals surface area contributed by atoms with Gasteiger partial charge >= 0.3 is 0 Å². The highest BCUT2D eigenvalue weighted by Crippen LogP contribution is 2.13. The Balaban J connectivity index is 2.37. The van der Waals surface area contributed by atoms with Crippen LogP contribution < -0.4 is 5.32 Å². The van der Waals surface area contributed by atoms with Crippen molar-refractivity contribution in [2.24, 2.45) is 0 Å². The third kappa shape index (κ3) is 5.98. The van der Waals surface area contributed by atoms with Crippen LogP contribution in [0.15, 0.2) is 28.7 Å². The molecule has 0 fully saturated rings. The fourth-order valence-corrected chi connectivity index (χ4v) is 2.33. The summed E-state index contributed by atoms with van der Waals surface area (Å²) in [6.45, 7) is 6.80. The van der Waals surface area contributed by atoms with E-state index in [4.69, 9.17) is 0 Å². The van der Waals surface area contributed by atoms with Gasteiger partial charge in [0.2, 0.25) is 0 Å². The Morgan fingerprint density at radius 3 is 2.50 bits per heavy atom. The number of nitrogens with one attached hydrogen (secondary N) is 1. The van der Waals surface area contributed by atoms with Gasteiger partial charge in [0.1, 0.15) is 0 Å². The fourth-order valence-electron chi connectivity index (χ4n) is 2.07. The Kier molecular flexibility index (Phi) is 6.33. The van der Waals surface area contributed by atoms with E-state index in [1.807, 2.05) is 6.92 Å². The monoisotopic (exact) mass is 313 g/mol. The summed E-state index contributed by atoms with van der Waals surface area (Å²) in [7, 11) is 0. The summed E-state index contributed by atoms with van der Waals surface area (Å²) in [5.74, 6) is 0. The van der Waals surface area contributed by atoms with Crippen LogP contribution in [0.3, 0.4) is 0 Å². The minimum atomic E-state index is -0.595. The second-order valence-electron chi connectivity index (χ2n) is 5.36. The highest BCUT2D eigenvalue weighted by molar-refractivity contribution is 9.10. The highest BCUT2D eigenvalue weighted by Gasteiger charge is 2.19. The molecule has 0 aliphatic heterocycles. The van der Waals surface area contributed by atoms with Crippen molar-refractivity contribution in [2.45, 2.75) is 51.7 Å². The maximum absolute atomic E-state index is 10.1. The van der Waals surface area contributed by atoms with E-state index in [-0.39, 0.29) is 0 Å². The Bertz CT molecular complexity index is 348.